The van der Waals surface area contributed by atoms with Crippen LogP contribution in [0.5, 0.6) is 0 Å². The Labute approximate surface area is 201 Å². The maximum absolute atomic E-state index is 5.96. The Bertz CT molecular complexity index is 1030. The second-order valence-electron chi connectivity index (χ2n) is 7.72. The number of guanidine groups is 1. The van der Waals surface area contributed by atoms with Crippen LogP contribution in [0.15, 0.2) is 65.9 Å². The molecule has 3 aromatic rings. The summed E-state index contributed by atoms with van der Waals surface area (Å²) < 4.78 is 7.77. The van der Waals surface area contributed by atoms with Gasteiger partial charge in [0.2, 0.25) is 0 Å². The van der Waals surface area contributed by atoms with Crippen LogP contribution in [-0.2, 0) is 18.3 Å². The average Bonchev–Trinajstić information content (AvgIpc) is 3.21. The number of hydrogen-bond donors (Lipinski definition) is 1. The van der Waals surface area contributed by atoms with Gasteiger partial charge in [-0.3, -0.25) is 9.67 Å². The van der Waals surface area contributed by atoms with Crippen molar-refractivity contribution in [2.24, 2.45) is 12.0 Å². The summed E-state index contributed by atoms with van der Waals surface area (Å²) >= 11 is 0. The molecule has 0 bridgehead atoms. The van der Waals surface area contributed by atoms with Crippen molar-refractivity contribution in [3.63, 3.8) is 0 Å². The van der Waals surface area contributed by atoms with Gasteiger partial charge in [0.05, 0.1) is 19.3 Å². The summed E-state index contributed by atoms with van der Waals surface area (Å²) in [4.78, 5) is 6.76. The Morgan fingerprint density at radius 2 is 1.97 bits per heavy atom. The number of ether oxygens (including phenoxy) is 1. The van der Waals surface area contributed by atoms with Crippen LogP contribution in [0, 0.1) is 6.92 Å². The predicted molar refractivity (Wildman–Crippen MR) is 136 cm³/mol. The second kappa shape index (κ2) is 10.8. The molecule has 2 aromatic carbocycles. The van der Waals surface area contributed by atoms with Crippen LogP contribution < -0.4 is 5.32 Å². The zero-order valence-corrected chi connectivity index (χ0v) is 20.6. The zero-order valence-electron chi connectivity index (χ0n) is 18.3. The van der Waals surface area contributed by atoms with Crippen LogP contribution in [-0.4, -0.2) is 47.4 Å². The second-order valence-corrected chi connectivity index (χ2v) is 7.72. The van der Waals surface area contributed by atoms with E-state index in [0.717, 1.165) is 31.2 Å². The van der Waals surface area contributed by atoms with Gasteiger partial charge in [-0.15, -0.1) is 24.0 Å². The summed E-state index contributed by atoms with van der Waals surface area (Å²) in [5.74, 6) is 0.896. The van der Waals surface area contributed by atoms with E-state index in [1.165, 1.54) is 22.3 Å². The molecule has 31 heavy (non-hydrogen) atoms. The first-order valence-corrected chi connectivity index (χ1v) is 10.3. The van der Waals surface area contributed by atoms with Crippen molar-refractivity contribution < 1.29 is 4.74 Å². The van der Waals surface area contributed by atoms with Gasteiger partial charge >= 0.3 is 0 Å². The first-order chi connectivity index (χ1) is 14.6. The molecule has 1 aliphatic heterocycles. The first-order valence-electron chi connectivity index (χ1n) is 10.3. The molecule has 2 heterocycles. The molecule has 1 saturated heterocycles. The quantitative estimate of drug-likeness (QED) is 0.312. The highest BCUT2D eigenvalue weighted by atomic mass is 127. The number of nitrogens with zero attached hydrogens (tertiary/aromatic N) is 4. The molecule has 0 amide bonds. The van der Waals surface area contributed by atoms with E-state index < -0.39 is 0 Å². The zero-order chi connectivity index (χ0) is 20.9. The molecule has 1 aliphatic rings. The third-order valence-corrected chi connectivity index (χ3v) is 5.40. The maximum Gasteiger partial charge on any atom is 0.194 e. The molecule has 1 fully saturated rings. The van der Waals surface area contributed by atoms with Gasteiger partial charge in [0.25, 0.3) is 0 Å². The van der Waals surface area contributed by atoms with Crippen LogP contribution in [0.4, 0.5) is 0 Å². The summed E-state index contributed by atoms with van der Waals surface area (Å²) in [6.07, 6.45) is 3.90. The summed E-state index contributed by atoms with van der Waals surface area (Å²) in [5, 5.41) is 7.79. The van der Waals surface area contributed by atoms with Gasteiger partial charge in [0.15, 0.2) is 5.96 Å². The number of aromatic nitrogens is 2. The summed E-state index contributed by atoms with van der Waals surface area (Å²) in [7, 11) is 3.76. The van der Waals surface area contributed by atoms with Crippen LogP contribution in [0.25, 0.3) is 11.1 Å². The molecule has 1 N–H and O–H groups in total. The summed E-state index contributed by atoms with van der Waals surface area (Å²) in [6.45, 7) is 5.10. The van der Waals surface area contributed by atoms with Gasteiger partial charge in [-0.2, -0.15) is 5.10 Å². The normalized spacial score (nSPS) is 16.7. The summed E-state index contributed by atoms with van der Waals surface area (Å²) in [5.41, 5.74) is 6.08. The highest BCUT2D eigenvalue weighted by Gasteiger charge is 2.25. The van der Waals surface area contributed by atoms with E-state index >= 15 is 0 Å². The molecule has 7 heteroatoms. The minimum absolute atomic E-state index is 0. The Balaban J connectivity index is 0.00000272. The number of morpholine rings is 1. The number of aliphatic imine (C=N–C) groups is 1. The van der Waals surface area contributed by atoms with Crippen molar-refractivity contribution in [1.82, 2.24) is 20.0 Å². The fourth-order valence-corrected chi connectivity index (χ4v) is 3.85. The van der Waals surface area contributed by atoms with E-state index in [2.05, 4.69) is 75.8 Å². The Morgan fingerprint density at radius 1 is 1.19 bits per heavy atom. The highest BCUT2D eigenvalue weighted by molar-refractivity contribution is 14.0. The largest absolute Gasteiger partial charge is 0.370 e. The SMILES string of the molecule is CN=C(NCc1cccc(-c2cccc(C)c2)c1)N1CCOC(c2cnn(C)c2)C1.I. The number of aryl methyl sites for hydroxylation is 2. The van der Waals surface area contributed by atoms with Crippen LogP contribution in [0.1, 0.15) is 22.8 Å². The minimum atomic E-state index is 0. The molecule has 0 radical (unpaired) electrons. The Kier molecular flexibility index (Phi) is 8.09. The third-order valence-electron chi connectivity index (χ3n) is 5.40. The van der Waals surface area contributed by atoms with Crippen LogP contribution in [0.3, 0.4) is 0 Å². The molecule has 1 aromatic heterocycles. The first kappa shape index (κ1) is 23.3. The molecular weight excluding hydrogens is 501 g/mol. The van der Waals surface area contributed by atoms with Gasteiger partial charge in [-0.05, 0) is 29.7 Å². The third kappa shape index (κ3) is 5.86. The standard InChI is InChI=1S/C24H29N5O.HI/c1-18-6-4-8-20(12-18)21-9-5-7-19(13-21)14-26-24(25-2)29-10-11-30-23(17-29)22-15-27-28(3)16-22;/h4-9,12-13,15-16,23H,10-11,14,17H2,1-3H3,(H,25,26);1H. The lowest BCUT2D eigenvalue weighted by atomic mass is 10.0. The van der Waals surface area contributed by atoms with Gasteiger partial charge in [0, 0.05) is 38.9 Å². The van der Waals surface area contributed by atoms with E-state index in [1.807, 2.05) is 31.2 Å². The predicted octanol–water partition coefficient (Wildman–Crippen LogP) is 4.16. The molecule has 0 spiro atoms. The van der Waals surface area contributed by atoms with E-state index in [9.17, 15) is 0 Å². The van der Waals surface area contributed by atoms with E-state index in [-0.39, 0.29) is 30.1 Å². The summed E-state index contributed by atoms with van der Waals surface area (Å²) in [6, 6.07) is 17.3. The molecule has 1 unspecified atom stereocenters. The van der Waals surface area contributed by atoms with Gasteiger partial charge < -0.3 is 15.0 Å². The van der Waals surface area contributed by atoms with Gasteiger partial charge in [0.1, 0.15) is 6.10 Å². The maximum atomic E-state index is 5.96. The Hall–Kier alpha value is -2.39. The molecule has 0 aliphatic carbocycles. The lowest BCUT2D eigenvalue weighted by Crippen LogP contribution is -2.47. The smallest absolute Gasteiger partial charge is 0.194 e. The monoisotopic (exact) mass is 531 g/mol. The fourth-order valence-electron chi connectivity index (χ4n) is 3.85. The fraction of sp³-hybridized carbons (Fsp3) is 0.333. The Morgan fingerprint density at radius 3 is 2.68 bits per heavy atom. The molecular formula is C24H30IN5O. The van der Waals surface area contributed by atoms with E-state index in [1.54, 1.807) is 0 Å². The molecule has 4 rings (SSSR count). The van der Waals surface area contributed by atoms with Crippen LogP contribution >= 0.6 is 24.0 Å². The van der Waals surface area contributed by atoms with Crippen molar-refractivity contribution >= 4 is 29.9 Å². The van der Waals surface area contributed by atoms with E-state index in [0.29, 0.717) is 6.61 Å². The average molecular weight is 531 g/mol. The van der Waals surface area contributed by atoms with Crippen molar-refractivity contribution in [3.8, 4) is 11.1 Å². The minimum Gasteiger partial charge on any atom is -0.370 e. The molecule has 164 valence electrons. The van der Waals surface area contributed by atoms with Crippen molar-refractivity contribution in [3.05, 3.63) is 77.6 Å². The molecule has 0 saturated carbocycles. The lowest BCUT2D eigenvalue weighted by Gasteiger charge is -2.34. The van der Waals surface area contributed by atoms with E-state index in [4.69, 9.17) is 4.74 Å². The molecule has 6 nitrogen and oxygen atoms in total. The van der Waals surface area contributed by atoms with Crippen molar-refractivity contribution in [2.45, 2.75) is 19.6 Å². The number of nitrogens with one attached hydrogen (secondary N) is 1. The number of hydrogen-bond acceptors (Lipinski definition) is 3. The van der Waals surface area contributed by atoms with Crippen LogP contribution in [0.2, 0.25) is 0 Å². The van der Waals surface area contributed by atoms with Gasteiger partial charge in [-0.25, -0.2) is 0 Å². The van der Waals surface area contributed by atoms with Gasteiger partial charge in [-0.1, -0.05) is 48.0 Å². The molecule has 1 atom stereocenters. The topological polar surface area (TPSA) is 54.7 Å². The number of halogens is 1. The highest BCUT2D eigenvalue weighted by Crippen LogP contribution is 2.23. The van der Waals surface area contributed by atoms with Crippen molar-refractivity contribution in [2.75, 3.05) is 26.7 Å². The lowest BCUT2D eigenvalue weighted by molar-refractivity contribution is -0.00805. The number of benzene rings is 2. The number of rotatable bonds is 4. The van der Waals surface area contributed by atoms with Crippen molar-refractivity contribution in [1.29, 1.82) is 0 Å².